The molecule has 0 aliphatic heterocycles. The quantitative estimate of drug-likeness (QED) is 0.604. The molecule has 16 heavy (non-hydrogen) atoms. The largest absolute Gasteiger partial charge is 0.316 e. The molecule has 0 rings (SSSR count). The Morgan fingerprint density at radius 2 is 1.69 bits per heavy atom. The molecule has 3 nitrogen and oxygen atoms in total. The van der Waals surface area contributed by atoms with Crippen molar-refractivity contribution in [2.45, 2.75) is 46.5 Å². The molecule has 98 valence electrons. The van der Waals surface area contributed by atoms with Crippen molar-refractivity contribution in [2.75, 3.05) is 24.6 Å². The minimum atomic E-state index is -2.78. The monoisotopic (exact) mass is 249 g/mol. The Kier molecular flexibility index (Phi) is 8.94. The van der Waals surface area contributed by atoms with E-state index in [1.54, 1.807) is 0 Å². The van der Waals surface area contributed by atoms with Gasteiger partial charge in [-0.2, -0.15) is 0 Å². The minimum absolute atomic E-state index is 0.357. The van der Waals surface area contributed by atoms with Crippen molar-refractivity contribution in [3.8, 4) is 0 Å². The summed E-state index contributed by atoms with van der Waals surface area (Å²) in [7, 11) is -2.78. The molecule has 0 aromatic heterocycles. The van der Waals surface area contributed by atoms with Gasteiger partial charge in [0.1, 0.15) is 9.84 Å². The summed E-state index contributed by atoms with van der Waals surface area (Å²) in [4.78, 5) is 0. The third-order valence-electron chi connectivity index (χ3n) is 2.42. The van der Waals surface area contributed by atoms with Crippen molar-refractivity contribution >= 4 is 9.84 Å². The Balaban J connectivity index is 3.43. The highest BCUT2D eigenvalue weighted by molar-refractivity contribution is 7.91. The average molecular weight is 249 g/mol. The normalized spacial score (nSPS) is 12.2. The van der Waals surface area contributed by atoms with Gasteiger partial charge in [0.25, 0.3) is 0 Å². The molecule has 0 amide bonds. The highest BCUT2D eigenvalue weighted by Gasteiger charge is 2.08. The maximum absolute atomic E-state index is 11.5. The molecule has 0 saturated carbocycles. The zero-order valence-corrected chi connectivity index (χ0v) is 11.8. The molecule has 0 atom stereocenters. The first-order valence-electron chi connectivity index (χ1n) is 6.39. The van der Waals surface area contributed by atoms with E-state index < -0.39 is 9.84 Å². The number of nitrogens with one attached hydrogen (secondary N) is 1. The zero-order valence-electron chi connectivity index (χ0n) is 11.0. The van der Waals surface area contributed by atoms with Gasteiger partial charge in [-0.3, -0.25) is 0 Å². The number of rotatable bonds is 10. The van der Waals surface area contributed by atoms with Crippen LogP contribution in [0.2, 0.25) is 0 Å². The fourth-order valence-electron chi connectivity index (χ4n) is 1.43. The van der Waals surface area contributed by atoms with Crippen molar-refractivity contribution in [3.63, 3.8) is 0 Å². The third kappa shape index (κ3) is 10.4. The standard InChI is InChI=1S/C12H27NO2S/c1-4-5-9-16(14,15)10-7-6-8-13-11-12(2)3/h12-13H,4-11H2,1-3H3. The van der Waals surface area contributed by atoms with Crippen LogP contribution in [0.25, 0.3) is 0 Å². The van der Waals surface area contributed by atoms with E-state index in [2.05, 4.69) is 19.2 Å². The van der Waals surface area contributed by atoms with Crippen LogP contribution < -0.4 is 5.32 Å². The number of hydrogen-bond donors (Lipinski definition) is 1. The smallest absolute Gasteiger partial charge is 0.150 e. The van der Waals surface area contributed by atoms with Crippen LogP contribution in [0.1, 0.15) is 46.5 Å². The summed E-state index contributed by atoms with van der Waals surface area (Å²) in [6.45, 7) is 8.31. The molecule has 1 N–H and O–H groups in total. The molecule has 0 fully saturated rings. The molecule has 0 aliphatic carbocycles. The lowest BCUT2D eigenvalue weighted by atomic mass is 10.2. The summed E-state index contributed by atoms with van der Waals surface area (Å²) < 4.78 is 23.0. The van der Waals surface area contributed by atoms with Gasteiger partial charge in [-0.05, 0) is 38.3 Å². The molecule has 0 aromatic carbocycles. The van der Waals surface area contributed by atoms with Crippen molar-refractivity contribution in [3.05, 3.63) is 0 Å². The summed E-state index contributed by atoms with van der Waals surface area (Å²) in [6, 6.07) is 0. The number of unbranched alkanes of at least 4 members (excludes halogenated alkanes) is 2. The second-order valence-electron chi connectivity index (χ2n) is 4.81. The molecule has 0 saturated heterocycles. The van der Waals surface area contributed by atoms with Gasteiger partial charge >= 0.3 is 0 Å². The Labute approximate surface area is 101 Å². The fraction of sp³-hybridized carbons (Fsp3) is 1.00. The van der Waals surface area contributed by atoms with Crippen LogP contribution in [-0.4, -0.2) is 33.0 Å². The van der Waals surface area contributed by atoms with Gasteiger partial charge < -0.3 is 5.32 Å². The summed E-state index contributed by atoms with van der Waals surface area (Å²) in [5, 5.41) is 3.32. The van der Waals surface area contributed by atoms with Crippen molar-refractivity contribution in [1.29, 1.82) is 0 Å². The van der Waals surface area contributed by atoms with Crippen LogP contribution in [0.3, 0.4) is 0 Å². The van der Waals surface area contributed by atoms with E-state index in [0.29, 0.717) is 17.4 Å². The molecule has 0 bridgehead atoms. The van der Waals surface area contributed by atoms with Gasteiger partial charge in [-0.1, -0.05) is 27.2 Å². The van der Waals surface area contributed by atoms with Gasteiger partial charge in [-0.25, -0.2) is 8.42 Å². The number of sulfone groups is 1. The maximum Gasteiger partial charge on any atom is 0.150 e. The molecule has 4 heteroatoms. The molecular formula is C12H27NO2S. The van der Waals surface area contributed by atoms with Crippen LogP contribution >= 0.6 is 0 Å². The van der Waals surface area contributed by atoms with Gasteiger partial charge in [-0.15, -0.1) is 0 Å². The van der Waals surface area contributed by atoms with E-state index in [-0.39, 0.29) is 0 Å². The topological polar surface area (TPSA) is 46.2 Å². The van der Waals surface area contributed by atoms with E-state index in [0.717, 1.165) is 38.8 Å². The maximum atomic E-state index is 11.5. The fourth-order valence-corrected chi connectivity index (χ4v) is 3.01. The van der Waals surface area contributed by atoms with Crippen LogP contribution in [0, 0.1) is 5.92 Å². The van der Waals surface area contributed by atoms with Gasteiger partial charge in [0, 0.05) is 0 Å². The van der Waals surface area contributed by atoms with Crippen LogP contribution in [0.4, 0.5) is 0 Å². The Bertz CT molecular complexity index is 248. The van der Waals surface area contributed by atoms with E-state index in [4.69, 9.17) is 0 Å². The second-order valence-corrected chi connectivity index (χ2v) is 7.11. The van der Waals surface area contributed by atoms with Crippen LogP contribution in [0.5, 0.6) is 0 Å². The first kappa shape index (κ1) is 15.9. The van der Waals surface area contributed by atoms with Crippen molar-refractivity contribution < 1.29 is 8.42 Å². The summed E-state index contributed by atoms with van der Waals surface area (Å²) in [5.41, 5.74) is 0. The molecule has 0 aliphatic rings. The van der Waals surface area contributed by atoms with E-state index in [1.807, 2.05) is 6.92 Å². The SMILES string of the molecule is CCCCS(=O)(=O)CCCCNCC(C)C. The van der Waals surface area contributed by atoms with Crippen LogP contribution in [-0.2, 0) is 9.84 Å². The minimum Gasteiger partial charge on any atom is -0.316 e. The predicted molar refractivity (Wildman–Crippen MR) is 70.5 cm³/mol. The highest BCUT2D eigenvalue weighted by Crippen LogP contribution is 2.01. The van der Waals surface area contributed by atoms with Gasteiger partial charge in [0.2, 0.25) is 0 Å². The lowest BCUT2D eigenvalue weighted by Crippen LogP contribution is -2.21. The lowest BCUT2D eigenvalue weighted by Gasteiger charge is -2.07. The highest BCUT2D eigenvalue weighted by atomic mass is 32.2. The van der Waals surface area contributed by atoms with Crippen molar-refractivity contribution in [1.82, 2.24) is 5.32 Å². The predicted octanol–water partition coefficient (Wildman–Crippen LogP) is 2.23. The van der Waals surface area contributed by atoms with Gasteiger partial charge in [0.15, 0.2) is 0 Å². The van der Waals surface area contributed by atoms with Gasteiger partial charge in [0.05, 0.1) is 11.5 Å². The first-order valence-corrected chi connectivity index (χ1v) is 8.21. The summed E-state index contributed by atoms with van der Waals surface area (Å²) >= 11 is 0. The molecule has 0 unspecified atom stereocenters. The average Bonchev–Trinajstić information content (AvgIpc) is 2.20. The summed E-state index contributed by atoms with van der Waals surface area (Å²) in [6.07, 6.45) is 3.50. The van der Waals surface area contributed by atoms with Crippen LogP contribution in [0.15, 0.2) is 0 Å². The molecule has 0 radical (unpaired) electrons. The molecule has 0 heterocycles. The zero-order chi connectivity index (χ0) is 12.4. The van der Waals surface area contributed by atoms with E-state index in [9.17, 15) is 8.42 Å². The van der Waals surface area contributed by atoms with E-state index >= 15 is 0 Å². The Morgan fingerprint density at radius 3 is 2.25 bits per heavy atom. The number of hydrogen-bond acceptors (Lipinski definition) is 3. The third-order valence-corrected chi connectivity index (χ3v) is 4.24. The Hall–Kier alpha value is -0.0900. The first-order chi connectivity index (χ1) is 7.48. The molecule has 0 spiro atoms. The summed E-state index contributed by atoms with van der Waals surface area (Å²) in [5.74, 6) is 1.38. The molecular weight excluding hydrogens is 222 g/mol. The van der Waals surface area contributed by atoms with Crippen molar-refractivity contribution in [2.24, 2.45) is 5.92 Å². The second kappa shape index (κ2) is 8.99. The lowest BCUT2D eigenvalue weighted by molar-refractivity contribution is 0.538. The molecule has 0 aromatic rings. The van der Waals surface area contributed by atoms with E-state index in [1.165, 1.54) is 0 Å². The Morgan fingerprint density at radius 1 is 1.06 bits per heavy atom.